The molecule has 0 fully saturated rings. The number of nitrogens with one attached hydrogen (secondary N) is 1. The largest absolute Gasteiger partial charge is 0.329 e. The maximum Gasteiger partial charge on any atom is 0.0126 e. The molecule has 0 aromatic heterocycles. The lowest BCUT2D eigenvalue weighted by Crippen LogP contribution is -2.47. The van der Waals surface area contributed by atoms with Crippen LogP contribution in [0.5, 0.6) is 0 Å². The van der Waals surface area contributed by atoms with Gasteiger partial charge in [-0.1, -0.05) is 0 Å². The van der Waals surface area contributed by atoms with Gasteiger partial charge in [0.2, 0.25) is 0 Å². The minimum Gasteiger partial charge on any atom is -0.329 e. The molecule has 0 aliphatic heterocycles. The molecule has 0 radical (unpaired) electrons. The molecule has 0 saturated carbocycles. The van der Waals surface area contributed by atoms with E-state index in [0.717, 1.165) is 26.2 Å². The third kappa shape index (κ3) is 6.32. The van der Waals surface area contributed by atoms with Crippen LogP contribution >= 0.6 is 0 Å². The van der Waals surface area contributed by atoms with Gasteiger partial charge in [-0.2, -0.15) is 0 Å². The lowest BCUT2D eigenvalue weighted by atomic mass is 10.1. The van der Waals surface area contributed by atoms with Crippen LogP contribution in [0.1, 0.15) is 20.8 Å². The topological polar surface area (TPSA) is 67.3 Å². The minimum atomic E-state index is 0.198. The highest BCUT2D eigenvalue weighted by molar-refractivity contribution is 4.76. The Hall–Kier alpha value is -0.160. The van der Waals surface area contributed by atoms with Gasteiger partial charge in [-0.25, -0.2) is 0 Å². The van der Waals surface area contributed by atoms with Crippen LogP contribution in [0.15, 0.2) is 0 Å². The first-order valence-electron chi connectivity index (χ1n) is 5.38. The Balaban J connectivity index is 3.74. The Kier molecular flexibility index (Phi) is 7.09. The molecule has 5 N–H and O–H groups in total. The summed E-state index contributed by atoms with van der Waals surface area (Å²) in [5, 5.41) is 3.29. The van der Waals surface area contributed by atoms with E-state index in [4.69, 9.17) is 11.5 Å². The van der Waals surface area contributed by atoms with Crippen molar-refractivity contribution in [3.8, 4) is 0 Å². The Morgan fingerprint density at radius 1 is 1.00 bits per heavy atom. The molecule has 0 bridgehead atoms. The Morgan fingerprint density at radius 3 is 2.07 bits per heavy atom. The molecule has 4 nitrogen and oxygen atoms in total. The van der Waals surface area contributed by atoms with E-state index in [0.29, 0.717) is 13.1 Å². The van der Waals surface area contributed by atoms with Crippen molar-refractivity contribution in [2.45, 2.75) is 26.3 Å². The fourth-order valence-electron chi connectivity index (χ4n) is 1.38. The summed E-state index contributed by atoms with van der Waals surface area (Å²) < 4.78 is 0. The van der Waals surface area contributed by atoms with Gasteiger partial charge in [-0.3, -0.25) is 4.90 Å². The summed E-state index contributed by atoms with van der Waals surface area (Å²) in [7, 11) is 0. The van der Waals surface area contributed by atoms with E-state index >= 15 is 0 Å². The van der Waals surface area contributed by atoms with Crippen molar-refractivity contribution in [1.82, 2.24) is 10.2 Å². The molecule has 14 heavy (non-hydrogen) atoms. The highest BCUT2D eigenvalue weighted by Gasteiger charge is 2.19. The summed E-state index contributed by atoms with van der Waals surface area (Å²) in [4.78, 5) is 2.39. The number of rotatable bonds is 7. The lowest BCUT2D eigenvalue weighted by Gasteiger charge is -2.35. The number of hydrogen-bond acceptors (Lipinski definition) is 4. The molecule has 0 heterocycles. The van der Waals surface area contributed by atoms with E-state index in [1.54, 1.807) is 0 Å². The molecule has 0 aromatic carbocycles. The van der Waals surface area contributed by atoms with Crippen LogP contribution in [0.25, 0.3) is 0 Å². The molecule has 4 heteroatoms. The van der Waals surface area contributed by atoms with Crippen molar-refractivity contribution >= 4 is 0 Å². The molecule has 0 aromatic rings. The Morgan fingerprint density at radius 2 is 1.64 bits per heavy atom. The lowest BCUT2D eigenvalue weighted by molar-refractivity contribution is 0.142. The van der Waals surface area contributed by atoms with Crippen LogP contribution in [0.2, 0.25) is 0 Å². The second-order valence-corrected chi connectivity index (χ2v) is 4.49. The van der Waals surface area contributed by atoms with Gasteiger partial charge in [-0.05, 0) is 20.8 Å². The van der Waals surface area contributed by atoms with Crippen molar-refractivity contribution in [2.24, 2.45) is 11.5 Å². The summed E-state index contributed by atoms with van der Waals surface area (Å²) in [5.41, 5.74) is 11.2. The van der Waals surface area contributed by atoms with Crippen molar-refractivity contribution in [1.29, 1.82) is 0 Å². The smallest absolute Gasteiger partial charge is 0.0126 e. The summed E-state index contributed by atoms with van der Waals surface area (Å²) in [6, 6.07) is 0. The van der Waals surface area contributed by atoms with Crippen LogP contribution in [0.3, 0.4) is 0 Å². The summed E-state index contributed by atoms with van der Waals surface area (Å²) in [6.45, 7) is 11.9. The van der Waals surface area contributed by atoms with Gasteiger partial charge in [0.25, 0.3) is 0 Å². The molecule has 0 saturated heterocycles. The SMILES string of the molecule is CC(C)(C)N(CCN)CCNCCN. The maximum absolute atomic E-state index is 5.57. The Labute approximate surface area is 88.0 Å². The zero-order chi connectivity index (χ0) is 11.0. The van der Waals surface area contributed by atoms with Gasteiger partial charge >= 0.3 is 0 Å². The zero-order valence-corrected chi connectivity index (χ0v) is 9.84. The third-order valence-corrected chi connectivity index (χ3v) is 2.23. The van der Waals surface area contributed by atoms with Gasteiger partial charge in [0.1, 0.15) is 0 Å². The normalized spacial score (nSPS) is 12.4. The molecule has 86 valence electrons. The first kappa shape index (κ1) is 13.8. The van der Waals surface area contributed by atoms with E-state index in [9.17, 15) is 0 Å². The van der Waals surface area contributed by atoms with E-state index in [1.165, 1.54) is 0 Å². The van der Waals surface area contributed by atoms with E-state index in [-0.39, 0.29) is 5.54 Å². The van der Waals surface area contributed by atoms with Gasteiger partial charge in [0.15, 0.2) is 0 Å². The number of nitrogens with zero attached hydrogens (tertiary/aromatic N) is 1. The second kappa shape index (κ2) is 7.17. The fourth-order valence-corrected chi connectivity index (χ4v) is 1.38. The average Bonchev–Trinajstić information content (AvgIpc) is 2.08. The summed E-state index contributed by atoms with van der Waals surface area (Å²) in [5.74, 6) is 0. The molecule has 0 aliphatic carbocycles. The van der Waals surface area contributed by atoms with Crippen molar-refractivity contribution in [3.63, 3.8) is 0 Å². The van der Waals surface area contributed by atoms with Crippen molar-refractivity contribution in [2.75, 3.05) is 39.3 Å². The highest BCUT2D eigenvalue weighted by atomic mass is 15.2. The van der Waals surface area contributed by atoms with Gasteiger partial charge < -0.3 is 16.8 Å². The van der Waals surface area contributed by atoms with Gasteiger partial charge in [-0.15, -0.1) is 0 Å². The molecule has 0 amide bonds. The molecule has 0 atom stereocenters. The predicted molar refractivity (Wildman–Crippen MR) is 62.3 cm³/mol. The standard InChI is InChI=1S/C10H26N4/c1-10(2,3)14(8-5-12)9-7-13-6-4-11/h13H,4-9,11-12H2,1-3H3. The van der Waals surface area contributed by atoms with Crippen LogP contribution in [-0.4, -0.2) is 49.7 Å². The first-order chi connectivity index (χ1) is 6.52. The van der Waals surface area contributed by atoms with Crippen LogP contribution in [-0.2, 0) is 0 Å². The minimum absolute atomic E-state index is 0.198. The zero-order valence-electron chi connectivity index (χ0n) is 9.84. The summed E-state index contributed by atoms with van der Waals surface area (Å²) >= 11 is 0. The average molecular weight is 202 g/mol. The highest BCUT2D eigenvalue weighted by Crippen LogP contribution is 2.11. The molecule has 0 spiro atoms. The van der Waals surface area contributed by atoms with Crippen molar-refractivity contribution in [3.05, 3.63) is 0 Å². The van der Waals surface area contributed by atoms with Crippen LogP contribution in [0.4, 0.5) is 0 Å². The maximum atomic E-state index is 5.57. The monoisotopic (exact) mass is 202 g/mol. The van der Waals surface area contributed by atoms with E-state index in [1.807, 2.05) is 0 Å². The van der Waals surface area contributed by atoms with E-state index in [2.05, 4.69) is 31.0 Å². The second-order valence-electron chi connectivity index (χ2n) is 4.49. The van der Waals surface area contributed by atoms with Crippen LogP contribution in [0, 0.1) is 0 Å². The van der Waals surface area contributed by atoms with Crippen LogP contribution < -0.4 is 16.8 Å². The molecule has 0 aliphatic rings. The van der Waals surface area contributed by atoms with E-state index < -0.39 is 0 Å². The van der Waals surface area contributed by atoms with Crippen molar-refractivity contribution < 1.29 is 0 Å². The molecular formula is C10H26N4. The molecular weight excluding hydrogens is 176 g/mol. The fraction of sp³-hybridized carbons (Fsp3) is 1.00. The van der Waals surface area contributed by atoms with Gasteiger partial charge in [0.05, 0.1) is 0 Å². The number of nitrogens with two attached hydrogens (primary N) is 2. The third-order valence-electron chi connectivity index (χ3n) is 2.23. The van der Waals surface area contributed by atoms with Gasteiger partial charge in [0, 0.05) is 44.8 Å². The number of hydrogen-bond donors (Lipinski definition) is 3. The Bertz CT molecular complexity index is 131. The predicted octanol–water partition coefficient (Wildman–Crippen LogP) is -0.406. The quantitative estimate of drug-likeness (QED) is 0.491. The first-order valence-corrected chi connectivity index (χ1v) is 5.38. The molecule has 0 unspecified atom stereocenters. The molecule has 0 rings (SSSR count). The summed E-state index contributed by atoms with van der Waals surface area (Å²) in [6.07, 6.45) is 0.